The van der Waals surface area contributed by atoms with E-state index in [-0.39, 0.29) is 23.3 Å². The van der Waals surface area contributed by atoms with Gasteiger partial charge in [-0.2, -0.15) is 0 Å². The summed E-state index contributed by atoms with van der Waals surface area (Å²) in [5.41, 5.74) is 1.04. The van der Waals surface area contributed by atoms with Crippen molar-refractivity contribution in [3.8, 4) is 11.5 Å². The van der Waals surface area contributed by atoms with E-state index in [1.165, 1.54) is 0 Å². The van der Waals surface area contributed by atoms with Crippen molar-refractivity contribution in [3.05, 3.63) is 47.9 Å². The molecule has 114 valence electrons. The number of hydrogen-bond donors (Lipinski definition) is 0. The molecule has 0 radical (unpaired) electrons. The van der Waals surface area contributed by atoms with Gasteiger partial charge in [-0.25, -0.2) is 0 Å². The molecule has 3 heterocycles. The molecular weight excluding hydrogens is 302 g/mol. The largest absolute Gasteiger partial charge is 0.467 e. The van der Waals surface area contributed by atoms with Gasteiger partial charge in [0, 0.05) is 0 Å². The van der Waals surface area contributed by atoms with E-state index in [9.17, 15) is 4.79 Å². The molecule has 1 saturated heterocycles. The number of carbonyl (C=O) groups excluding carboxylic acids is 1. The second kappa shape index (κ2) is 5.28. The minimum atomic E-state index is -0.0645. The lowest BCUT2D eigenvalue weighted by Gasteiger charge is -2.23. The Kier molecular flexibility index (Phi) is 3.26. The fourth-order valence-electron chi connectivity index (χ4n) is 2.73. The standard InChI is InChI=1S/C16H15NO4S/c1-10-15(18)17(8-12-3-2-6-19-12)16(22-10)11-4-5-13-14(7-11)21-9-20-13/h2-7,10,16H,8-9H2,1H3. The van der Waals surface area contributed by atoms with Crippen molar-refractivity contribution >= 4 is 17.7 Å². The molecule has 2 aliphatic rings. The molecule has 4 rings (SSSR count). The molecule has 1 aromatic heterocycles. The molecule has 2 aromatic rings. The predicted molar refractivity (Wildman–Crippen MR) is 81.6 cm³/mol. The highest BCUT2D eigenvalue weighted by Gasteiger charge is 2.39. The quantitative estimate of drug-likeness (QED) is 0.870. The summed E-state index contributed by atoms with van der Waals surface area (Å²) in [4.78, 5) is 14.3. The normalized spacial score (nSPS) is 23.3. The van der Waals surface area contributed by atoms with Crippen LogP contribution in [0.25, 0.3) is 0 Å². The number of nitrogens with zero attached hydrogens (tertiary/aromatic N) is 1. The molecule has 2 unspecified atom stereocenters. The Hall–Kier alpha value is -2.08. The highest BCUT2D eigenvalue weighted by Crippen LogP contribution is 2.46. The third-order valence-corrected chi connectivity index (χ3v) is 5.23. The van der Waals surface area contributed by atoms with E-state index in [4.69, 9.17) is 13.9 Å². The van der Waals surface area contributed by atoms with Crippen molar-refractivity contribution < 1.29 is 18.7 Å². The SMILES string of the molecule is CC1SC(c2ccc3c(c2)OCO3)N(Cc2ccco2)C1=O. The monoisotopic (exact) mass is 317 g/mol. The fraction of sp³-hybridized carbons (Fsp3) is 0.312. The van der Waals surface area contributed by atoms with Gasteiger partial charge in [0.2, 0.25) is 12.7 Å². The van der Waals surface area contributed by atoms with Crippen molar-refractivity contribution in [1.82, 2.24) is 4.90 Å². The number of furan rings is 1. The van der Waals surface area contributed by atoms with Crippen molar-refractivity contribution in [1.29, 1.82) is 0 Å². The van der Waals surface area contributed by atoms with E-state index >= 15 is 0 Å². The number of fused-ring (bicyclic) bond motifs is 1. The van der Waals surface area contributed by atoms with Crippen LogP contribution in [0, 0.1) is 0 Å². The molecule has 1 aromatic carbocycles. The maximum absolute atomic E-state index is 12.5. The second-order valence-electron chi connectivity index (χ2n) is 5.29. The van der Waals surface area contributed by atoms with Gasteiger partial charge in [-0.1, -0.05) is 6.07 Å². The molecule has 1 fully saturated rings. The lowest BCUT2D eigenvalue weighted by atomic mass is 10.1. The van der Waals surface area contributed by atoms with Crippen LogP contribution in [-0.4, -0.2) is 22.8 Å². The van der Waals surface area contributed by atoms with Gasteiger partial charge in [-0.05, 0) is 36.8 Å². The first kappa shape index (κ1) is 13.6. The van der Waals surface area contributed by atoms with Gasteiger partial charge in [-0.15, -0.1) is 11.8 Å². The average Bonchev–Trinajstić information content (AvgIpc) is 3.24. The molecule has 0 saturated carbocycles. The van der Waals surface area contributed by atoms with Crippen LogP contribution >= 0.6 is 11.8 Å². The Bertz CT molecular complexity index is 700. The minimum absolute atomic E-state index is 0.0397. The summed E-state index contributed by atoms with van der Waals surface area (Å²) in [6.07, 6.45) is 1.63. The van der Waals surface area contributed by atoms with E-state index in [1.807, 2.05) is 42.2 Å². The van der Waals surface area contributed by atoms with Gasteiger partial charge in [0.1, 0.15) is 11.1 Å². The van der Waals surface area contributed by atoms with E-state index < -0.39 is 0 Å². The lowest BCUT2D eigenvalue weighted by molar-refractivity contribution is -0.130. The average molecular weight is 317 g/mol. The van der Waals surface area contributed by atoms with Crippen LogP contribution in [0.1, 0.15) is 23.6 Å². The maximum Gasteiger partial charge on any atom is 0.237 e. The zero-order chi connectivity index (χ0) is 15.1. The molecule has 6 heteroatoms. The second-order valence-corrected chi connectivity index (χ2v) is 6.71. The summed E-state index contributed by atoms with van der Waals surface area (Å²) < 4.78 is 16.2. The van der Waals surface area contributed by atoms with Crippen LogP contribution in [-0.2, 0) is 11.3 Å². The number of benzene rings is 1. The smallest absolute Gasteiger partial charge is 0.237 e. The minimum Gasteiger partial charge on any atom is -0.467 e. The first-order chi connectivity index (χ1) is 10.7. The Morgan fingerprint density at radius 2 is 2.14 bits per heavy atom. The molecule has 22 heavy (non-hydrogen) atoms. The van der Waals surface area contributed by atoms with Gasteiger partial charge in [0.05, 0.1) is 18.1 Å². The van der Waals surface area contributed by atoms with Gasteiger partial charge >= 0.3 is 0 Å². The predicted octanol–water partition coefficient (Wildman–Crippen LogP) is 3.17. The van der Waals surface area contributed by atoms with Gasteiger partial charge in [-0.3, -0.25) is 4.79 Å². The summed E-state index contributed by atoms with van der Waals surface area (Å²) in [7, 11) is 0. The van der Waals surface area contributed by atoms with Gasteiger partial charge in [0.15, 0.2) is 11.5 Å². The van der Waals surface area contributed by atoms with E-state index in [0.29, 0.717) is 6.54 Å². The Labute approximate surface area is 132 Å². The highest BCUT2D eigenvalue weighted by molar-refractivity contribution is 8.01. The molecule has 0 bridgehead atoms. The third-order valence-electron chi connectivity index (χ3n) is 3.84. The molecular formula is C16H15NO4S. The molecule has 5 nitrogen and oxygen atoms in total. The third kappa shape index (κ3) is 2.23. The number of carbonyl (C=O) groups is 1. The van der Waals surface area contributed by atoms with Crippen LogP contribution in [0.5, 0.6) is 11.5 Å². The maximum atomic E-state index is 12.5. The van der Waals surface area contributed by atoms with Crippen molar-refractivity contribution in [2.24, 2.45) is 0 Å². The Morgan fingerprint density at radius 3 is 2.95 bits per heavy atom. The number of amides is 1. The van der Waals surface area contributed by atoms with Crippen LogP contribution in [0.2, 0.25) is 0 Å². The van der Waals surface area contributed by atoms with Crippen molar-refractivity contribution in [3.63, 3.8) is 0 Å². The highest BCUT2D eigenvalue weighted by atomic mass is 32.2. The van der Waals surface area contributed by atoms with E-state index in [2.05, 4.69) is 0 Å². The summed E-state index contributed by atoms with van der Waals surface area (Å²) in [5, 5.41) is -0.104. The van der Waals surface area contributed by atoms with Crippen molar-refractivity contribution in [2.45, 2.75) is 24.1 Å². The van der Waals surface area contributed by atoms with Gasteiger partial charge in [0.25, 0.3) is 0 Å². The Morgan fingerprint density at radius 1 is 1.27 bits per heavy atom. The first-order valence-corrected chi connectivity index (χ1v) is 8.04. The zero-order valence-corrected chi connectivity index (χ0v) is 12.8. The number of rotatable bonds is 3. The molecule has 1 amide bonds. The van der Waals surface area contributed by atoms with E-state index in [1.54, 1.807) is 18.0 Å². The number of hydrogen-bond acceptors (Lipinski definition) is 5. The first-order valence-electron chi connectivity index (χ1n) is 7.10. The number of thioether (sulfide) groups is 1. The topological polar surface area (TPSA) is 51.9 Å². The van der Waals surface area contributed by atoms with Gasteiger partial charge < -0.3 is 18.8 Å². The van der Waals surface area contributed by atoms with Crippen LogP contribution < -0.4 is 9.47 Å². The van der Waals surface area contributed by atoms with Crippen LogP contribution in [0.4, 0.5) is 0 Å². The lowest BCUT2D eigenvalue weighted by Crippen LogP contribution is -2.29. The summed E-state index contributed by atoms with van der Waals surface area (Å²) in [6, 6.07) is 9.57. The number of ether oxygens (including phenoxy) is 2. The van der Waals surface area contributed by atoms with Crippen LogP contribution in [0.3, 0.4) is 0 Å². The summed E-state index contributed by atoms with van der Waals surface area (Å²) in [5.74, 6) is 2.41. The summed E-state index contributed by atoms with van der Waals surface area (Å²) >= 11 is 1.64. The Balaban J connectivity index is 1.65. The zero-order valence-electron chi connectivity index (χ0n) is 12.0. The molecule has 0 N–H and O–H groups in total. The molecule has 0 spiro atoms. The molecule has 2 aliphatic heterocycles. The summed E-state index contributed by atoms with van der Waals surface area (Å²) in [6.45, 7) is 2.67. The van der Waals surface area contributed by atoms with Crippen molar-refractivity contribution in [2.75, 3.05) is 6.79 Å². The molecule has 0 aliphatic carbocycles. The molecule has 2 atom stereocenters. The van der Waals surface area contributed by atoms with Crippen LogP contribution in [0.15, 0.2) is 41.0 Å². The fourth-order valence-corrected chi connectivity index (χ4v) is 4.00. The van der Waals surface area contributed by atoms with E-state index in [0.717, 1.165) is 22.8 Å².